The number of benzene rings is 2. The Labute approximate surface area is 170 Å². The maximum Gasteiger partial charge on any atom is 0.356 e. The van der Waals surface area contributed by atoms with Crippen LogP contribution >= 0.6 is 0 Å². The number of carbonyl (C=O) groups excluding carboxylic acids is 1. The average molecular weight is 398 g/mol. The number of fused-ring (bicyclic) bond motifs is 2. The smallest absolute Gasteiger partial charge is 0.356 e. The molecule has 2 aromatic heterocycles. The number of amides is 1. The molecule has 0 unspecified atom stereocenters. The fraction of sp³-hybridized carbons (Fsp3) is 0.0909. The summed E-state index contributed by atoms with van der Waals surface area (Å²) < 4.78 is 6.75. The third-order valence-electron chi connectivity index (χ3n) is 5.21. The molecule has 1 aliphatic heterocycles. The maximum absolute atomic E-state index is 13.4. The zero-order valence-corrected chi connectivity index (χ0v) is 15.6. The maximum atomic E-state index is 13.4. The molecule has 0 aliphatic carbocycles. The Hall–Kier alpha value is -4.38. The number of hydrogen-bond donors (Lipinski definition) is 1. The monoisotopic (exact) mass is 398 g/mol. The average Bonchev–Trinajstić information content (AvgIpc) is 3.38. The van der Waals surface area contributed by atoms with Gasteiger partial charge < -0.3 is 14.4 Å². The van der Waals surface area contributed by atoms with Gasteiger partial charge in [0.15, 0.2) is 5.69 Å². The molecule has 2 aromatic carbocycles. The van der Waals surface area contributed by atoms with Gasteiger partial charge in [0.25, 0.3) is 5.91 Å². The van der Waals surface area contributed by atoms with Gasteiger partial charge in [-0.2, -0.15) is 10.4 Å². The van der Waals surface area contributed by atoms with Crippen molar-refractivity contribution in [2.45, 2.75) is 6.42 Å². The molecule has 0 fully saturated rings. The summed E-state index contributed by atoms with van der Waals surface area (Å²) in [6.07, 6.45) is 1.92. The lowest BCUT2D eigenvalue weighted by atomic mass is 10.0. The van der Waals surface area contributed by atoms with Crippen LogP contribution in [0, 0.1) is 11.3 Å². The highest BCUT2D eigenvalue weighted by Crippen LogP contribution is 2.30. The molecule has 8 heteroatoms. The fourth-order valence-corrected chi connectivity index (χ4v) is 3.77. The van der Waals surface area contributed by atoms with Gasteiger partial charge in [0.2, 0.25) is 0 Å². The minimum Gasteiger partial charge on any atom is -0.476 e. The summed E-state index contributed by atoms with van der Waals surface area (Å²) in [4.78, 5) is 26.7. The number of carboxylic acids is 1. The van der Waals surface area contributed by atoms with Gasteiger partial charge >= 0.3 is 5.97 Å². The van der Waals surface area contributed by atoms with Crippen molar-refractivity contribution in [1.82, 2.24) is 9.78 Å². The second-order valence-corrected chi connectivity index (χ2v) is 6.90. The molecule has 8 nitrogen and oxygen atoms in total. The molecular formula is C22H14N4O4. The van der Waals surface area contributed by atoms with Gasteiger partial charge in [-0.3, -0.25) is 4.79 Å². The first-order valence-corrected chi connectivity index (χ1v) is 9.21. The van der Waals surface area contributed by atoms with E-state index in [9.17, 15) is 14.7 Å². The largest absolute Gasteiger partial charge is 0.476 e. The standard InChI is InChI=1S/C22H14N4O4/c23-12-13-1-3-15(4-2-13)25-9-7-17-19(22(28)29)24-26(20(17)21(25)27)16-5-6-18-14(11-16)8-10-30-18/h1-6,8,10-11H,7,9H2,(H,28,29). The minimum absolute atomic E-state index is 0.120. The van der Waals surface area contributed by atoms with Crippen LogP contribution in [-0.2, 0) is 6.42 Å². The number of carbonyl (C=O) groups is 2. The van der Waals surface area contributed by atoms with Crippen LogP contribution in [0.5, 0.6) is 0 Å². The number of carboxylic acid groups (broad SMARTS) is 1. The highest BCUT2D eigenvalue weighted by Gasteiger charge is 2.35. The Balaban J connectivity index is 1.65. The van der Waals surface area contributed by atoms with Crippen molar-refractivity contribution in [2.24, 2.45) is 0 Å². The number of furan rings is 1. The van der Waals surface area contributed by atoms with Crippen molar-refractivity contribution >= 4 is 28.5 Å². The van der Waals surface area contributed by atoms with Crippen LogP contribution in [-0.4, -0.2) is 33.3 Å². The zero-order valence-electron chi connectivity index (χ0n) is 15.6. The summed E-state index contributed by atoms with van der Waals surface area (Å²) in [5, 5.41) is 23.7. The lowest BCUT2D eigenvalue weighted by Gasteiger charge is -2.27. The van der Waals surface area contributed by atoms with Crippen LogP contribution < -0.4 is 4.90 Å². The predicted molar refractivity (Wildman–Crippen MR) is 107 cm³/mol. The first-order valence-electron chi connectivity index (χ1n) is 9.21. The Morgan fingerprint density at radius 2 is 1.90 bits per heavy atom. The van der Waals surface area contributed by atoms with E-state index in [1.807, 2.05) is 0 Å². The van der Waals surface area contributed by atoms with Crippen molar-refractivity contribution in [2.75, 3.05) is 11.4 Å². The van der Waals surface area contributed by atoms with Gasteiger partial charge in [-0.1, -0.05) is 0 Å². The third-order valence-corrected chi connectivity index (χ3v) is 5.21. The Bertz CT molecular complexity index is 1360. The Kier molecular flexibility index (Phi) is 3.89. The van der Waals surface area contributed by atoms with Crippen molar-refractivity contribution in [3.8, 4) is 11.8 Å². The fourth-order valence-electron chi connectivity index (χ4n) is 3.77. The molecule has 0 atom stereocenters. The SMILES string of the molecule is N#Cc1ccc(N2CCc3c(C(=O)O)nn(-c4ccc5occc5c4)c3C2=O)cc1. The molecule has 1 N–H and O–H groups in total. The number of aromatic nitrogens is 2. The summed E-state index contributed by atoms with van der Waals surface area (Å²) in [6.45, 7) is 0.324. The van der Waals surface area contributed by atoms with Crippen molar-refractivity contribution in [1.29, 1.82) is 5.26 Å². The normalized spacial score (nSPS) is 13.3. The quantitative estimate of drug-likeness (QED) is 0.566. The van der Waals surface area contributed by atoms with Crippen molar-refractivity contribution in [3.05, 3.63) is 77.3 Å². The first kappa shape index (κ1) is 17.7. The highest BCUT2D eigenvalue weighted by atomic mass is 16.4. The minimum atomic E-state index is -1.17. The molecule has 1 aliphatic rings. The first-order chi connectivity index (χ1) is 14.6. The van der Waals surface area contributed by atoms with Gasteiger partial charge in [0.05, 0.1) is 23.6 Å². The van der Waals surface area contributed by atoms with E-state index in [-0.39, 0.29) is 17.3 Å². The lowest BCUT2D eigenvalue weighted by Crippen LogP contribution is -2.39. The summed E-state index contributed by atoms with van der Waals surface area (Å²) in [5.41, 5.74) is 2.92. The number of anilines is 1. The van der Waals surface area contributed by atoms with Gasteiger partial charge in [-0.25, -0.2) is 9.48 Å². The Morgan fingerprint density at radius 1 is 1.13 bits per heavy atom. The van der Waals surface area contributed by atoms with E-state index < -0.39 is 5.97 Å². The van der Waals surface area contributed by atoms with Gasteiger partial charge in [0, 0.05) is 23.2 Å². The van der Waals surface area contributed by atoms with Gasteiger partial charge in [-0.05, 0) is 55.0 Å². The molecule has 0 spiro atoms. The van der Waals surface area contributed by atoms with Crippen LogP contribution in [0.1, 0.15) is 32.1 Å². The second kappa shape index (κ2) is 6.60. The van der Waals surface area contributed by atoms with Crippen molar-refractivity contribution in [3.63, 3.8) is 0 Å². The lowest BCUT2D eigenvalue weighted by molar-refractivity contribution is 0.0688. The molecule has 0 radical (unpaired) electrons. The summed E-state index contributed by atoms with van der Waals surface area (Å²) >= 11 is 0. The molecule has 0 saturated heterocycles. The van der Waals surface area contributed by atoms with E-state index in [1.54, 1.807) is 59.7 Å². The van der Waals surface area contributed by atoms with Gasteiger partial charge in [0.1, 0.15) is 11.3 Å². The molecular weight excluding hydrogens is 384 g/mol. The summed E-state index contributed by atoms with van der Waals surface area (Å²) in [7, 11) is 0. The third kappa shape index (κ3) is 2.64. The highest BCUT2D eigenvalue weighted by molar-refractivity contribution is 6.09. The van der Waals surface area contributed by atoms with E-state index in [0.29, 0.717) is 41.1 Å². The predicted octanol–water partition coefficient (Wildman–Crippen LogP) is 3.39. The van der Waals surface area contributed by atoms with E-state index >= 15 is 0 Å². The molecule has 3 heterocycles. The topological polar surface area (TPSA) is 112 Å². The summed E-state index contributed by atoms with van der Waals surface area (Å²) in [6, 6.07) is 15.8. The van der Waals surface area contributed by atoms with E-state index in [0.717, 1.165) is 5.39 Å². The molecule has 4 aromatic rings. The molecule has 30 heavy (non-hydrogen) atoms. The molecule has 0 saturated carbocycles. The number of aromatic carboxylic acids is 1. The number of nitriles is 1. The van der Waals surface area contributed by atoms with Crippen LogP contribution in [0.25, 0.3) is 16.7 Å². The zero-order chi connectivity index (χ0) is 20.8. The van der Waals surface area contributed by atoms with Crippen LogP contribution in [0.3, 0.4) is 0 Å². The van der Waals surface area contributed by atoms with E-state index in [2.05, 4.69) is 11.2 Å². The second-order valence-electron chi connectivity index (χ2n) is 6.90. The molecule has 0 bridgehead atoms. The van der Waals surface area contributed by atoms with Crippen LogP contribution in [0.4, 0.5) is 5.69 Å². The Morgan fingerprint density at radius 3 is 2.63 bits per heavy atom. The van der Waals surface area contributed by atoms with E-state index in [1.165, 1.54) is 4.68 Å². The van der Waals surface area contributed by atoms with Gasteiger partial charge in [-0.15, -0.1) is 0 Å². The molecule has 5 rings (SSSR count). The number of rotatable bonds is 3. The number of nitrogens with zero attached hydrogens (tertiary/aromatic N) is 4. The molecule has 146 valence electrons. The number of hydrogen-bond acceptors (Lipinski definition) is 5. The van der Waals surface area contributed by atoms with Crippen molar-refractivity contribution < 1.29 is 19.1 Å². The van der Waals surface area contributed by atoms with Crippen LogP contribution in [0.15, 0.2) is 59.2 Å². The van der Waals surface area contributed by atoms with Crippen LogP contribution in [0.2, 0.25) is 0 Å². The van der Waals surface area contributed by atoms with E-state index in [4.69, 9.17) is 9.68 Å². The summed E-state index contributed by atoms with van der Waals surface area (Å²) in [5.74, 6) is -1.51. The molecule has 1 amide bonds.